The van der Waals surface area contributed by atoms with Gasteiger partial charge in [0.1, 0.15) is 0 Å². The van der Waals surface area contributed by atoms with Crippen molar-refractivity contribution >= 4 is 0 Å². The molecule has 2 aromatic rings. The van der Waals surface area contributed by atoms with Gasteiger partial charge in [-0.25, -0.2) is 0 Å². The Hall–Kier alpha value is -1.18. The molecule has 65 valence electrons. The summed E-state index contributed by atoms with van der Waals surface area (Å²) in [6, 6.07) is 11.6. The predicted molar refractivity (Wildman–Crippen MR) is 47.5 cm³/mol. The van der Waals surface area contributed by atoms with Crippen molar-refractivity contribution in [1.82, 2.24) is 9.97 Å². The van der Waals surface area contributed by atoms with Gasteiger partial charge in [-0.05, 0) is 24.3 Å². The monoisotopic (exact) mass is 211 g/mol. The maximum Gasteiger partial charge on any atom is 0.0886 e. The summed E-state index contributed by atoms with van der Waals surface area (Å²) < 4.78 is 0. The summed E-state index contributed by atoms with van der Waals surface area (Å²) in [4.78, 5) is 8.37. The molecule has 0 aliphatic heterocycles. The van der Waals surface area contributed by atoms with E-state index in [1.54, 1.807) is 12.4 Å². The zero-order chi connectivity index (χ0) is 8.23. The third kappa shape index (κ3) is 2.38. The van der Waals surface area contributed by atoms with Crippen LogP contribution in [0.3, 0.4) is 0 Å². The molecular weight excluding hydrogens is 203 g/mol. The molecule has 2 rings (SSSR count). The van der Waals surface area contributed by atoms with Crippen molar-refractivity contribution in [2.45, 2.75) is 0 Å². The Morgan fingerprint density at radius 3 is 1.46 bits per heavy atom. The second-order valence-corrected chi connectivity index (χ2v) is 2.43. The molecule has 0 fully saturated rings. The van der Waals surface area contributed by atoms with Crippen LogP contribution < -0.4 is 0 Å². The van der Waals surface area contributed by atoms with Gasteiger partial charge in [-0.1, -0.05) is 12.1 Å². The van der Waals surface area contributed by atoms with Crippen molar-refractivity contribution in [1.29, 1.82) is 0 Å². The molecule has 0 amide bonds. The summed E-state index contributed by atoms with van der Waals surface area (Å²) in [5.41, 5.74) is 1.83. The summed E-state index contributed by atoms with van der Waals surface area (Å²) >= 11 is 0. The van der Waals surface area contributed by atoms with Crippen LogP contribution in [0.25, 0.3) is 11.4 Å². The second-order valence-electron chi connectivity index (χ2n) is 2.43. The molecule has 0 saturated carbocycles. The number of nitrogens with zero attached hydrogens (tertiary/aromatic N) is 2. The smallest absolute Gasteiger partial charge is 0.0886 e. The first-order valence-corrected chi connectivity index (χ1v) is 3.79. The van der Waals surface area contributed by atoms with E-state index in [4.69, 9.17) is 0 Å². The van der Waals surface area contributed by atoms with Crippen molar-refractivity contribution in [3.8, 4) is 11.4 Å². The minimum absolute atomic E-state index is 0. The van der Waals surface area contributed by atoms with Gasteiger partial charge in [0.05, 0.1) is 11.4 Å². The maximum absolute atomic E-state index is 4.19. The normalized spacial score (nSPS) is 8.92. The van der Waals surface area contributed by atoms with E-state index >= 15 is 0 Å². The largest absolute Gasteiger partial charge is 0.255 e. The predicted octanol–water partition coefficient (Wildman–Crippen LogP) is 2.14. The first kappa shape index (κ1) is 9.90. The zero-order valence-corrected chi connectivity index (χ0v) is 8.07. The third-order valence-electron chi connectivity index (χ3n) is 1.59. The van der Waals surface area contributed by atoms with Crippen LogP contribution in [-0.4, -0.2) is 9.97 Å². The van der Waals surface area contributed by atoms with Crippen molar-refractivity contribution in [2.24, 2.45) is 0 Å². The zero-order valence-electron chi connectivity index (χ0n) is 6.89. The second kappa shape index (κ2) is 4.75. The van der Waals surface area contributed by atoms with Crippen molar-refractivity contribution < 1.29 is 17.1 Å². The molecule has 3 heteroatoms. The minimum Gasteiger partial charge on any atom is -0.255 e. The maximum atomic E-state index is 4.19. The number of hydrogen-bond acceptors (Lipinski definition) is 2. The summed E-state index contributed by atoms with van der Waals surface area (Å²) in [5, 5.41) is 0. The van der Waals surface area contributed by atoms with Crippen LogP contribution in [0.2, 0.25) is 0 Å². The molecule has 2 nitrogen and oxygen atoms in total. The number of pyridine rings is 2. The molecule has 2 heterocycles. The standard InChI is InChI=1S/C10H8N2.Mn/c1-3-7-11-9(5-1)10-6-2-4-8-12-10;/h1-8H;. The molecule has 0 atom stereocenters. The van der Waals surface area contributed by atoms with Gasteiger partial charge in [0.25, 0.3) is 0 Å². The minimum atomic E-state index is 0. The quantitative estimate of drug-likeness (QED) is 0.675. The molecule has 1 radical (unpaired) electrons. The van der Waals surface area contributed by atoms with Gasteiger partial charge in [-0.3, -0.25) is 9.97 Å². The van der Waals surface area contributed by atoms with Gasteiger partial charge in [-0.15, -0.1) is 0 Å². The Kier molecular flexibility index (Phi) is 3.62. The number of rotatable bonds is 1. The molecule has 0 N–H and O–H groups in total. The van der Waals surface area contributed by atoms with E-state index in [2.05, 4.69) is 9.97 Å². The van der Waals surface area contributed by atoms with Crippen LogP contribution in [0.15, 0.2) is 48.8 Å². The van der Waals surface area contributed by atoms with E-state index < -0.39 is 0 Å². The first-order valence-electron chi connectivity index (χ1n) is 3.79. The first-order chi connectivity index (χ1) is 5.97. The Morgan fingerprint density at radius 1 is 0.692 bits per heavy atom. The molecular formula is C10H8MnN2. The Labute approximate surface area is 87.5 Å². The summed E-state index contributed by atoms with van der Waals surface area (Å²) in [6.07, 6.45) is 3.54. The van der Waals surface area contributed by atoms with E-state index in [9.17, 15) is 0 Å². The van der Waals surface area contributed by atoms with E-state index in [0.717, 1.165) is 11.4 Å². The van der Waals surface area contributed by atoms with Crippen LogP contribution in [0, 0.1) is 0 Å². The van der Waals surface area contributed by atoms with Gasteiger partial charge in [0.15, 0.2) is 0 Å². The fourth-order valence-corrected chi connectivity index (χ4v) is 1.03. The SMILES string of the molecule is [Mn].c1ccc(-c2ccccn2)nc1. The van der Waals surface area contributed by atoms with Gasteiger partial charge in [-0.2, -0.15) is 0 Å². The third-order valence-corrected chi connectivity index (χ3v) is 1.59. The summed E-state index contributed by atoms with van der Waals surface area (Å²) in [7, 11) is 0. The molecule has 0 unspecified atom stereocenters. The van der Waals surface area contributed by atoms with Crippen LogP contribution in [0.5, 0.6) is 0 Å². The van der Waals surface area contributed by atoms with E-state index in [-0.39, 0.29) is 17.1 Å². The average Bonchev–Trinajstić information content (AvgIpc) is 2.21. The molecule has 0 aliphatic carbocycles. The Bertz CT molecular complexity index is 310. The summed E-state index contributed by atoms with van der Waals surface area (Å²) in [6.45, 7) is 0. The van der Waals surface area contributed by atoms with Crippen molar-refractivity contribution in [3.63, 3.8) is 0 Å². The van der Waals surface area contributed by atoms with Crippen LogP contribution in [-0.2, 0) is 17.1 Å². The molecule has 0 aromatic carbocycles. The molecule has 13 heavy (non-hydrogen) atoms. The van der Waals surface area contributed by atoms with Gasteiger partial charge < -0.3 is 0 Å². The van der Waals surface area contributed by atoms with Crippen molar-refractivity contribution in [3.05, 3.63) is 48.8 Å². The molecule has 0 aliphatic rings. The van der Waals surface area contributed by atoms with E-state index in [1.807, 2.05) is 36.4 Å². The van der Waals surface area contributed by atoms with Crippen LogP contribution in [0.1, 0.15) is 0 Å². The number of aromatic nitrogens is 2. The Morgan fingerprint density at radius 2 is 1.15 bits per heavy atom. The number of hydrogen-bond donors (Lipinski definition) is 0. The van der Waals surface area contributed by atoms with Gasteiger partial charge >= 0.3 is 0 Å². The molecule has 0 saturated heterocycles. The fourth-order valence-electron chi connectivity index (χ4n) is 1.03. The van der Waals surface area contributed by atoms with Crippen molar-refractivity contribution in [2.75, 3.05) is 0 Å². The Balaban J connectivity index is 0.000000845. The summed E-state index contributed by atoms with van der Waals surface area (Å²) in [5.74, 6) is 0. The molecule has 2 aromatic heterocycles. The molecule has 0 spiro atoms. The topological polar surface area (TPSA) is 25.8 Å². The van der Waals surface area contributed by atoms with E-state index in [0.29, 0.717) is 0 Å². The van der Waals surface area contributed by atoms with Crippen LogP contribution >= 0.6 is 0 Å². The average molecular weight is 211 g/mol. The van der Waals surface area contributed by atoms with Crippen LogP contribution in [0.4, 0.5) is 0 Å². The van der Waals surface area contributed by atoms with E-state index in [1.165, 1.54) is 0 Å². The molecule has 0 bridgehead atoms. The van der Waals surface area contributed by atoms with Gasteiger partial charge in [0.2, 0.25) is 0 Å². The van der Waals surface area contributed by atoms with Gasteiger partial charge in [0, 0.05) is 29.5 Å². The fraction of sp³-hybridized carbons (Fsp3) is 0.